The van der Waals surface area contributed by atoms with Gasteiger partial charge in [0.2, 0.25) is 5.72 Å². The Bertz CT molecular complexity index is 502. The number of carbonyl (C=O) groups is 1. The van der Waals surface area contributed by atoms with Gasteiger partial charge in [0.05, 0.1) is 13.2 Å². The van der Waals surface area contributed by atoms with Gasteiger partial charge >= 0.3 is 0 Å². The van der Waals surface area contributed by atoms with Crippen LogP contribution >= 0.6 is 22.6 Å². The number of amides is 1. The Morgan fingerprint density at radius 2 is 2.11 bits per heavy atom. The number of fused-ring (bicyclic) bond motifs is 1. The van der Waals surface area contributed by atoms with Crippen LogP contribution in [-0.2, 0) is 15.3 Å². The van der Waals surface area contributed by atoms with Gasteiger partial charge in [0.1, 0.15) is 0 Å². The van der Waals surface area contributed by atoms with E-state index in [0.29, 0.717) is 37.6 Å². The second-order valence-electron chi connectivity index (χ2n) is 4.42. The molecule has 96 valence electrons. The van der Waals surface area contributed by atoms with Crippen LogP contribution in [0.3, 0.4) is 0 Å². The number of hydrogen-bond donors (Lipinski definition) is 2. The molecular formula is C12H13IN2O3. The molecule has 2 heterocycles. The molecule has 3 rings (SSSR count). The second-order valence-corrected chi connectivity index (χ2v) is 5.66. The third kappa shape index (κ3) is 1.75. The lowest BCUT2D eigenvalue weighted by atomic mass is 10.0. The fraction of sp³-hybridized carbons (Fsp3) is 0.417. The van der Waals surface area contributed by atoms with E-state index in [1.807, 2.05) is 18.2 Å². The van der Waals surface area contributed by atoms with Gasteiger partial charge in [0.15, 0.2) is 0 Å². The summed E-state index contributed by atoms with van der Waals surface area (Å²) >= 11 is 2.17. The van der Waals surface area contributed by atoms with Crippen molar-refractivity contribution < 1.29 is 14.6 Å². The van der Waals surface area contributed by atoms with Crippen molar-refractivity contribution in [3.8, 4) is 0 Å². The Morgan fingerprint density at radius 1 is 1.39 bits per heavy atom. The number of carbonyl (C=O) groups excluding carboxylic acids is 1. The Labute approximate surface area is 118 Å². The number of nitrogens with one attached hydrogen (secondary N) is 1. The van der Waals surface area contributed by atoms with Crippen molar-refractivity contribution in [3.05, 3.63) is 27.3 Å². The first-order chi connectivity index (χ1) is 8.62. The number of nitrogens with zero attached hydrogens (tertiary/aromatic N) is 1. The van der Waals surface area contributed by atoms with Gasteiger partial charge in [0, 0.05) is 27.9 Å². The smallest absolute Gasteiger partial charge is 0.276 e. The zero-order valence-corrected chi connectivity index (χ0v) is 11.8. The minimum atomic E-state index is -1.56. The van der Waals surface area contributed by atoms with E-state index in [2.05, 4.69) is 27.9 Å². The van der Waals surface area contributed by atoms with E-state index in [4.69, 9.17) is 4.74 Å². The molecule has 1 atom stereocenters. The summed E-state index contributed by atoms with van der Waals surface area (Å²) in [5, 5.41) is 13.6. The summed E-state index contributed by atoms with van der Waals surface area (Å²) in [6.07, 6.45) is 0. The van der Waals surface area contributed by atoms with Gasteiger partial charge in [-0.1, -0.05) is 0 Å². The van der Waals surface area contributed by atoms with Crippen molar-refractivity contribution >= 4 is 34.2 Å². The van der Waals surface area contributed by atoms with Gasteiger partial charge in [0.25, 0.3) is 5.91 Å². The minimum absolute atomic E-state index is 0.374. The number of benzene rings is 1. The molecular weight excluding hydrogens is 347 g/mol. The van der Waals surface area contributed by atoms with Gasteiger partial charge < -0.3 is 15.2 Å². The summed E-state index contributed by atoms with van der Waals surface area (Å²) in [7, 11) is 0. The first-order valence-corrected chi connectivity index (χ1v) is 6.87. The van der Waals surface area contributed by atoms with Crippen LogP contribution in [0.1, 0.15) is 5.56 Å². The maximum atomic E-state index is 12.1. The summed E-state index contributed by atoms with van der Waals surface area (Å²) in [6, 6.07) is 5.58. The summed E-state index contributed by atoms with van der Waals surface area (Å²) in [5.74, 6) is -0.374. The van der Waals surface area contributed by atoms with Crippen LogP contribution in [0.15, 0.2) is 18.2 Å². The SMILES string of the molecule is O=C1Nc2ccc(I)cc2C1(O)N1CCOCC1. The van der Waals surface area contributed by atoms with Crippen LogP contribution in [0.25, 0.3) is 0 Å². The largest absolute Gasteiger partial charge is 0.379 e. The van der Waals surface area contributed by atoms with E-state index in [-0.39, 0.29) is 5.91 Å². The topological polar surface area (TPSA) is 61.8 Å². The fourth-order valence-corrected chi connectivity index (χ4v) is 2.94. The van der Waals surface area contributed by atoms with Crippen molar-refractivity contribution in [2.24, 2.45) is 0 Å². The number of hydrogen-bond acceptors (Lipinski definition) is 4. The highest BCUT2D eigenvalue weighted by Gasteiger charge is 2.50. The lowest BCUT2D eigenvalue weighted by molar-refractivity contribution is -0.168. The summed E-state index contributed by atoms with van der Waals surface area (Å²) in [4.78, 5) is 13.9. The standard InChI is InChI=1S/C12H13IN2O3/c13-8-1-2-10-9(7-8)12(17,11(16)14-10)15-3-5-18-6-4-15/h1-2,7,17H,3-6H2,(H,14,16). The highest BCUT2D eigenvalue weighted by atomic mass is 127. The van der Waals surface area contributed by atoms with Crippen LogP contribution in [0, 0.1) is 3.57 Å². The zero-order chi connectivity index (χ0) is 12.8. The molecule has 1 fully saturated rings. The zero-order valence-electron chi connectivity index (χ0n) is 9.65. The molecule has 1 unspecified atom stereocenters. The number of anilines is 1. The fourth-order valence-electron chi connectivity index (χ4n) is 2.45. The molecule has 1 amide bonds. The molecule has 0 radical (unpaired) electrons. The van der Waals surface area contributed by atoms with E-state index < -0.39 is 5.72 Å². The van der Waals surface area contributed by atoms with E-state index in [0.717, 1.165) is 3.57 Å². The summed E-state index contributed by atoms with van der Waals surface area (Å²) in [6.45, 7) is 2.17. The maximum Gasteiger partial charge on any atom is 0.276 e. The minimum Gasteiger partial charge on any atom is -0.379 e. The molecule has 0 aliphatic carbocycles. The molecule has 18 heavy (non-hydrogen) atoms. The van der Waals surface area contributed by atoms with Crippen molar-refractivity contribution in [2.45, 2.75) is 5.72 Å². The molecule has 1 aromatic carbocycles. The normalized spacial score (nSPS) is 28.0. The Hall–Kier alpha value is -0.700. The Balaban J connectivity index is 2.05. The predicted molar refractivity (Wildman–Crippen MR) is 74.1 cm³/mol. The average molecular weight is 360 g/mol. The first-order valence-electron chi connectivity index (χ1n) is 5.79. The average Bonchev–Trinajstić information content (AvgIpc) is 2.64. The number of ether oxygens (including phenoxy) is 1. The predicted octanol–water partition coefficient (Wildman–Crippen LogP) is 0.721. The quantitative estimate of drug-likeness (QED) is 0.725. The molecule has 0 bridgehead atoms. The number of rotatable bonds is 1. The second kappa shape index (κ2) is 4.44. The summed E-state index contributed by atoms with van der Waals surface area (Å²) in [5.41, 5.74) is -0.226. The monoisotopic (exact) mass is 360 g/mol. The lowest BCUT2D eigenvalue weighted by Gasteiger charge is -2.37. The Kier molecular flexibility index (Phi) is 3.05. The molecule has 6 heteroatoms. The van der Waals surface area contributed by atoms with Crippen molar-refractivity contribution in [2.75, 3.05) is 31.6 Å². The van der Waals surface area contributed by atoms with Gasteiger partial charge in [-0.2, -0.15) is 0 Å². The van der Waals surface area contributed by atoms with Crippen molar-refractivity contribution in [1.29, 1.82) is 0 Å². The van der Waals surface area contributed by atoms with Gasteiger partial charge in [-0.05, 0) is 40.8 Å². The van der Waals surface area contributed by atoms with Gasteiger partial charge in [-0.25, -0.2) is 0 Å². The van der Waals surface area contributed by atoms with E-state index in [9.17, 15) is 9.90 Å². The lowest BCUT2D eigenvalue weighted by Crippen LogP contribution is -2.55. The van der Waals surface area contributed by atoms with E-state index >= 15 is 0 Å². The van der Waals surface area contributed by atoms with Gasteiger partial charge in [-0.3, -0.25) is 9.69 Å². The van der Waals surface area contributed by atoms with Crippen LogP contribution in [0.2, 0.25) is 0 Å². The third-order valence-corrected chi connectivity index (χ3v) is 4.06. The highest BCUT2D eigenvalue weighted by molar-refractivity contribution is 14.1. The van der Waals surface area contributed by atoms with Crippen molar-refractivity contribution in [3.63, 3.8) is 0 Å². The molecule has 2 N–H and O–H groups in total. The molecule has 5 nitrogen and oxygen atoms in total. The molecule has 1 saturated heterocycles. The maximum absolute atomic E-state index is 12.1. The van der Waals surface area contributed by atoms with Crippen molar-refractivity contribution in [1.82, 2.24) is 4.90 Å². The number of halogens is 1. The molecule has 1 aromatic rings. The molecule has 0 saturated carbocycles. The van der Waals surface area contributed by atoms with E-state index in [1.54, 1.807) is 4.90 Å². The van der Waals surface area contributed by atoms with Crippen LogP contribution in [0.5, 0.6) is 0 Å². The highest BCUT2D eigenvalue weighted by Crippen LogP contribution is 2.39. The third-order valence-electron chi connectivity index (χ3n) is 3.39. The molecule has 0 aromatic heterocycles. The molecule has 2 aliphatic rings. The van der Waals surface area contributed by atoms with Crippen LogP contribution in [-0.4, -0.2) is 42.2 Å². The first kappa shape index (κ1) is 12.3. The van der Waals surface area contributed by atoms with Crippen LogP contribution in [0.4, 0.5) is 5.69 Å². The van der Waals surface area contributed by atoms with E-state index in [1.165, 1.54) is 0 Å². The number of aliphatic hydroxyl groups is 1. The van der Waals surface area contributed by atoms with Gasteiger partial charge in [-0.15, -0.1) is 0 Å². The Morgan fingerprint density at radius 3 is 2.83 bits per heavy atom. The molecule has 2 aliphatic heterocycles. The van der Waals surface area contributed by atoms with Crippen LogP contribution < -0.4 is 5.32 Å². The number of morpholine rings is 1. The summed E-state index contributed by atoms with van der Waals surface area (Å²) < 4.78 is 6.26. The molecule has 0 spiro atoms.